The first-order valence-electron chi connectivity index (χ1n) is 7.44. The predicted octanol–water partition coefficient (Wildman–Crippen LogP) is 3.92. The molecule has 4 heteroatoms. The number of anilines is 1. The van der Waals surface area contributed by atoms with Crippen LogP contribution in [0.5, 0.6) is 11.5 Å². The van der Waals surface area contributed by atoms with Crippen molar-refractivity contribution in [3.05, 3.63) is 29.5 Å². The van der Waals surface area contributed by atoms with Crippen LogP contribution in [0.4, 0.5) is 5.69 Å². The van der Waals surface area contributed by atoms with Crippen LogP contribution in [0, 0.1) is 0 Å². The second-order valence-corrected chi connectivity index (χ2v) is 5.23. The van der Waals surface area contributed by atoms with Crippen molar-refractivity contribution in [2.24, 2.45) is 0 Å². The Morgan fingerprint density at radius 3 is 2.48 bits per heavy atom. The molecule has 1 aromatic carbocycles. The molecule has 1 aliphatic carbocycles. The molecule has 0 radical (unpaired) electrons. The van der Waals surface area contributed by atoms with Crippen molar-refractivity contribution in [3.8, 4) is 11.5 Å². The highest BCUT2D eigenvalue weighted by Gasteiger charge is 2.13. The van der Waals surface area contributed by atoms with Gasteiger partial charge in [0.1, 0.15) is 17.8 Å². The minimum absolute atomic E-state index is 0.746. The minimum Gasteiger partial charge on any atom is -0.497 e. The smallest absolute Gasteiger partial charge is 0.147 e. The fourth-order valence-electron chi connectivity index (χ4n) is 2.63. The summed E-state index contributed by atoms with van der Waals surface area (Å²) in [4.78, 5) is 11.3. The van der Waals surface area contributed by atoms with Crippen molar-refractivity contribution < 1.29 is 14.3 Å². The van der Waals surface area contributed by atoms with E-state index in [1.807, 2.05) is 18.2 Å². The molecule has 0 saturated carbocycles. The average Bonchev–Trinajstić information content (AvgIpc) is 2.50. The van der Waals surface area contributed by atoms with Crippen molar-refractivity contribution in [1.29, 1.82) is 0 Å². The Morgan fingerprint density at radius 2 is 1.81 bits per heavy atom. The first-order chi connectivity index (χ1) is 10.3. The molecule has 0 bridgehead atoms. The molecule has 1 aliphatic rings. The number of methoxy groups -OCH3 is 2. The molecule has 0 spiro atoms. The van der Waals surface area contributed by atoms with Crippen molar-refractivity contribution in [2.75, 3.05) is 19.5 Å². The van der Waals surface area contributed by atoms with Gasteiger partial charge in [-0.15, -0.1) is 0 Å². The van der Waals surface area contributed by atoms with E-state index < -0.39 is 0 Å². The third-order valence-corrected chi connectivity index (χ3v) is 3.84. The molecule has 0 saturated heterocycles. The number of carbonyl (C=O) groups excluding carboxylic acids is 1. The topological polar surface area (TPSA) is 47.6 Å². The first-order valence-corrected chi connectivity index (χ1v) is 7.44. The molecule has 21 heavy (non-hydrogen) atoms. The number of rotatable bonds is 5. The molecule has 1 aromatic rings. The van der Waals surface area contributed by atoms with Crippen molar-refractivity contribution >= 4 is 12.0 Å². The summed E-state index contributed by atoms with van der Waals surface area (Å²) in [5, 5.41) is 3.39. The van der Waals surface area contributed by atoms with Crippen LogP contribution < -0.4 is 14.8 Å². The monoisotopic (exact) mass is 289 g/mol. The fraction of sp³-hybridized carbons (Fsp3) is 0.471. The van der Waals surface area contributed by atoms with Crippen LogP contribution in [0.25, 0.3) is 0 Å². The molecule has 2 rings (SSSR count). The third-order valence-electron chi connectivity index (χ3n) is 3.84. The molecule has 0 aromatic heterocycles. The second kappa shape index (κ2) is 7.72. The lowest BCUT2D eigenvalue weighted by Gasteiger charge is -2.19. The Balaban J connectivity index is 2.30. The number of benzene rings is 1. The molecule has 0 fully saturated rings. The molecular weight excluding hydrogens is 266 g/mol. The molecular formula is C17H23NO3. The van der Waals surface area contributed by atoms with E-state index in [0.717, 1.165) is 60.4 Å². The molecule has 4 nitrogen and oxygen atoms in total. The summed E-state index contributed by atoms with van der Waals surface area (Å²) in [6.45, 7) is 0. The molecule has 0 amide bonds. The number of carbonyl (C=O) groups is 1. The normalized spacial score (nSPS) is 19.3. The zero-order valence-corrected chi connectivity index (χ0v) is 12.8. The standard InChI is InChI=1S/C17H23NO3/c1-20-14-9-10-17(21-2)16(11-14)18-15-8-6-4-3-5-7-13(15)12-19/h9-12,18H,3-8H2,1-2H3/b15-13-. The Hall–Kier alpha value is -1.97. The van der Waals surface area contributed by atoms with E-state index in [-0.39, 0.29) is 0 Å². The Kier molecular flexibility index (Phi) is 5.67. The van der Waals surface area contributed by atoms with E-state index in [0.29, 0.717) is 0 Å². The van der Waals surface area contributed by atoms with E-state index in [2.05, 4.69) is 5.32 Å². The Bertz CT molecular complexity index is 523. The van der Waals surface area contributed by atoms with Crippen LogP contribution in [0.15, 0.2) is 29.5 Å². The number of hydrogen-bond acceptors (Lipinski definition) is 4. The summed E-state index contributed by atoms with van der Waals surface area (Å²) in [5.74, 6) is 1.51. The van der Waals surface area contributed by atoms with Crippen LogP contribution in [-0.2, 0) is 4.79 Å². The molecule has 0 atom stereocenters. The van der Waals surface area contributed by atoms with Gasteiger partial charge in [0, 0.05) is 17.3 Å². The maximum Gasteiger partial charge on any atom is 0.147 e. The maximum absolute atomic E-state index is 11.3. The number of aldehydes is 1. The van der Waals surface area contributed by atoms with Gasteiger partial charge in [0.05, 0.1) is 19.9 Å². The van der Waals surface area contributed by atoms with Crippen molar-refractivity contribution in [1.82, 2.24) is 0 Å². The average molecular weight is 289 g/mol. The summed E-state index contributed by atoms with van der Waals surface area (Å²) in [6.07, 6.45) is 7.33. The minimum atomic E-state index is 0.746. The summed E-state index contributed by atoms with van der Waals surface area (Å²) in [6, 6.07) is 5.62. The van der Waals surface area contributed by atoms with Crippen molar-refractivity contribution in [3.63, 3.8) is 0 Å². The van der Waals surface area contributed by atoms with Gasteiger partial charge < -0.3 is 14.8 Å². The van der Waals surface area contributed by atoms with Crippen molar-refractivity contribution in [2.45, 2.75) is 38.5 Å². The van der Waals surface area contributed by atoms with E-state index in [1.165, 1.54) is 12.8 Å². The fourth-order valence-corrected chi connectivity index (χ4v) is 2.63. The van der Waals surface area contributed by atoms with E-state index >= 15 is 0 Å². The number of hydrogen-bond donors (Lipinski definition) is 1. The quantitative estimate of drug-likeness (QED) is 0.835. The predicted molar refractivity (Wildman–Crippen MR) is 84.0 cm³/mol. The molecule has 0 aliphatic heterocycles. The summed E-state index contributed by atoms with van der Waals surface area (Å²) in [5.41, 5.74) is 2.72. The maximum atomic E-state index is 11.3. The van der Waals surface area contributed by atoms with Crippen LogP contribution in [0.1, 0.15) is 38.5 Å². The third kappa shape index (κ3) is 4.00. The molecule has 1 N–H and O–H groups in total. The van der Waals surface area contributed by atoms with Gasteiger partial charge in [0.2, 0.25) is 0 Å². The van der Waals surface area contributed by atoms with Crippen LogP contribution in [-0.4, -0.2) is 20.5 Å². The molecule has 114 valence electrons. The Morgan fingerprint density at radius 1 is 1.05 bits per heavy atom. The highest BCUT2D eigenvalue weighted by atomic mass is 16.5. The summed E-state index contributed by atoms with van der Waals surface area (Å²) in [7, 11) is 3.28. The van der Waals surface area contributed by atoms with E-state index in [4.69, 9.17) is 9.47 Å². The second-order valence-electron chi connectivity index (χ2n) is 5.23. The molecule has 0 heterocycles. The zero-order chi connectivity index (χ0) is 15.1. The lowest BCUT2D eigenvalue weighted by atomic mass is 9.98. The SMILES string of the molecule is COc1ccc(OC)c(N/C2=C(\C=O)CCCCCC2)c1. The van der Waals surface area contributed by atoms with E-state index in [1.54, 1.807) is 14.2 Å². The lowest BCUT2D eigenvalue weighted by molar-refractivity contribution is -0.105. The Labute approximate surface area is 126 Å². The van der Waals surface area contributed by atoms with Gasteiger partial charge in [0.25, 0.3) is 0 Å². The molecule has 0 unspecified atom stereocenters. The highest BCUT2D eigenvalue weighted by Crippen LogP contribution is 2.32. The summed E-state index contributed by atoms with van der Waals surface area (Å²) >= 11 is 0. The van der Waals surface area contributed by atoms with Gasteiger partial charge in [-0.1, -0.05) is 12.8 Å². The van der Waals surface area contributed by atoms with Gasteiger partial charge in [-0.2, -0.15) is 0 Å². The largest absolute Gasteiger partial charge is 0.497 e. The van der Waals surface area contributed by atoms with Gasteiger partial charge >= 0.3 is 0 Å². The lowest BCUT2D eigenvalue weighted by Crippen LogP contribution is -2.08. The number of ether oxygens (including phenoxy) is 2. The zero-order valence-electron chi connectivity index (χ0n) is 12.8. The van der Waals surface area contributed by atoms with E-state index in [9.17, 15) is 4.79 Å². The summed E-state index contributed by atoms with van der Waals surface area (Å²) < 4.78 is 10.6. The van der Waals surface area contributed by atoms with Crippen LogP contribution >= 0.6 is 0 Å². The first kappa shape index (κ1) is 15.4. The number of nitrogens with one attached hydrogen (secondary N) is 1. The highest BCUT2D eigenvalue weighted by molar-refractivity contribution is 5.77. The van der Waals surface area contributed by atoms with Crippen LogP contribution in [0.2, 0.25) is 0 Å². The van der Waals surface area contributed by atoms with Gasteiger partial charge in [-0.25, -0.2) is 0 Å². The van der Waals surface area contributed by atoms with Gasteiger partial charge in [-0.05, 0) is 37.8 Å². The van der Waals surface area contributed by atoms with Gasteiger partial charge in [0.15, 0.2) is 0 Å². The van der Waals surface area contributed by atoms with Crippen LogP contribution in [0.3, 0.4) is 0 Å². The number of allylic oxidation sites excluding steroid dienone is 2. The van der Waals surface area contributed by atoms with Gasteiger partial charge in [-0.3, -0.25) is 4.79 Å².